The van der Waals surface area contributed by atoms with Gasteiger partial charge in [0, 0.05) is 0 Å². The van der Waals surface area contributed by atoms with Gasteiger partial charge in [-0.2, -0.15) is 0 Å². The largest absolute Gasteiger partial charge is 3.00 e. The van der Waals surface area contributed by atoms with Gasteiger partial charge in [0.2, 0.25) is 0 Å². The van der Waals surface area contributed by atoms with E-state index in [9.17, 15) is 0 Å². The van der Waals surface area contributed by atoms with Crippen molar-refractivity contribution in [2.45, 2.75) is 0 Å². The van der Waals surface area contributed by atoms with Crippen LogP contribution in [0.1, 0.15) is 0 Å². The van der Waals surface area contributed by atoms with E-state index in [2.05, 4.69) is 0 Å². The second-order valence-electron chi connectivity index (χ2n) is 0. The summed E-state index contributed by atoms with van der Waals surface area (Å²) in [5.74, 6) is 0. The van der Waals surface area contributed by atoms with Crippen LogP contribution in [0.3, 0.4) is 0 Å². The molecular weight excluding hydrogens is 237 g/mol. The van der Waals surface area contributed by atoms with Gasteiger partial charge in [0.15, 0.2) is 0 Å². The molecule has 0 aromatic heterocycles. The van der Waals surface area contributed by atoms with Crippen molar-refractivity contribution in [2.24, 2.45) is 0 Å². The zero-order valence-electron chi connectivity index (χ0n) is 3.10. The molecule has 2 radical (unpaired) electrons. The molecule has 4 nitrogen and oxygen atoms in total. The fourth-order valence-electron chi connectivity index (χ4n) is 0. The van der Waals surface area contributed by atoms with Crippen molar-refractivity contribution in [3.8, 4) is 0 Å². The number of hydrogen-bond donors (Lipinski definition) is 0. The Bertz CT molecular complexity index is 11.7. The third kappa shape index (κ3) is 99.6. The molecule has 0 unspecified atom stereocenters. The van der Waals surface area contributed by atoms with Crippen LogP contribution in [0.4, 0.5) is 0 Å². The van der Waals surface area contributed by atoms with Gasteiger partial charge in [-0.3, -0.25) is 0 Å². The molecule has 0 aliphatic carbocycles. The molecule has 0 N–H and O–H groups in total. The van der Waals surface area contributed by atoms with Crippen LogP contribution < -0.4 is 0 Å². The van der Waals surface area contributed by atoms with E-state index in [1.807, 2.05) is 0 Å². The summed E-state index contributed by atoms with van der Waals surface area (Å²) in [6.07, 6.45) is 0. The van der Waals surface area contributed by atoms with Gasteiger partial charge in [0.25, 0.3) is 0 Å². The molecule has 0 aromatic rings. The predicted octanol–water partition coefficient (Wildman–Crippen LogP) is -0.483. The fourth-order valence-corrected chi connectivity index (χ4v) is 0. The second-order valence-corrected chi connectivity index (χ2v) is 0. The molecule has 0 heterocycles. The van der Waals surface area contributed by atoms with Gasteiger partial charge in [-0.1, -0.05) is 0 Å². The Balaban J connectivity index is 0. The molecule has 0 fully saturated rings. The van der Waals surface area contributed by atoms with E-state index in [1.165, 1.54) is 0 Å². The number of rotatable bonds is 0. The minimum Gasteiger partial charge on any atom is -2.00 e. The summed E-state index contributed by atoms with van der Waals surface area (Å²) in [6, 6.07) is 0. The van der Waals surface area contributed by atoms with Crippen LogP contribution in [0, 0.1) is 0 Å². The molecule has 0 bridgehead atoms. The first-order valence-electron chi connectivity index (χ1n) is 0. The zero-order chi connectivity index (χ0) is 0. The molecule has 0 saturated heterocycles. The predicted molar refractivity (Wildman–Crippen MR) is 2.75 cm³/mol. The van der Waals surface area contributed by atoms with Crippen molar-refractivity contribution in [2.75, 3.05) is 0 Å². The molecule has 0 aliphatic heterocycles. The topological polar surface area (TPSA) is 114 Å². The van der Waals surface area contributed by atoms with Gasteiger partial charge in [-0.25, -0.2) is 0 Å². The number of hydrogen-bond acceptors (Lipinski definition) is 0. The first-order valence-corrected chi connectivity index (χ1v) is 0. The summed E-state index contributed by atoms with van der Waals surface area (Å²) in [4.78, 5) is 0. The van der Waals surface area contributed by atoms with Crippen LogP contribution in [0.15, 0.2) is 0 Å². The Morgan fingerprint density at radius 1 is 0.571 bits per heavy atom. The van der Waals surface area contributed by atoms with Crippen molar-refractivity contribution < 1.29 is 75.8 Å². The normalized spacial score (nSPS) is 0. The SMILES string of the molecule is [Cr+3].[Fe+3].[O-2].[O-2].[O-2].[O-2].[Zn+2]. The Kier molecular flexibility index (Phi) is 4160. The minimum absolute atomic E-state index is 0. The summed E-state index contributed by atoms with van der Waals surface area (Å²) in [5, 5.41) is 0. The van der Waals surface area contributed by atoms with E-state index < -0.39 is 0 Å². The molecule has 40 valence electrons. The summed E-state index contributed by atoms with van der Waals surface area (Å²) in [5.41, 5.74) is 0. The van der Waals surface area contributed by atoms with Crippen molar-refractivity contribution in [1.82, 2.24) is 0 Å². The van der Waals surface area contributed by atoms with Crippen LogP contribution in [-0.2, 0) is 75.8 Å². The molecule has 0 rings (SSSR count). The van der Waals surface area contributed by atoms with Gasteiger partial charge in [-0.15, -0.1) is 0 Å². The molecule has 7 heteroatoms. The summed E-state index contributed by atoms with van der Waals surface area (Å²) >= 11 is 0. The average molecular weight is 237 g/mol. The van der Waals surface area contributed by atoms with E-state index in [4.69, 9.17) is 0 Å². The van der Waals surface area contributed by atoms with Gasteiger partial charge < -0.3 is 21.9 Å². The van der Waals surface area contributed by atoms with Gasteiger partial charge in [0.05, 0.1) is 0 Å². The van der Waals surface area contributed by atoms with E-state index in [1.54, 1.807) is 0 Å². The second kappa shape index (κ2) is 139. The Morgan fingerprint density at radius 3 is 0.571 bits per heavy atom. The molecular formula is CrFeO4Zn. The smallest absolute Gasteiger partial charge is 2.00 e. The summed E-state index contributed by atoms with van der Waals surface area (Å²) < 4.78 is 0. The monoisotopic (exact) mass is 236 g/mol. The maximum Gasteiger partial charge on any atom is 3.00 e. The van der Waals surface area contributed by atoms with E-state index >= 15 is 0 Å². The van der Waals surface area contributed by atoms with Crippen LogP contribution in [0.5, 0.6) is 0 Å². The molecule has 0 saturated carbocycles. The minimum atomic E-state index is 0. The van der Waals surface area contributed by atoms with Crippen molar-refractivity contribution in [3.63, 3.8) is 0 Å². The third-order valence-electron chi connectivity index (χ3n) is 0. The van der Waals surface area contributed by atoms with Crippen LogP contribution in [0.2, 0.25) is 0 Å². The quantitative estimate of drug-likeness (QED) is 0.506. The Morgan fingerprint density at radius 2 is 0.571 bits per heavy atom. The standard InChI is InChI=1S/Cr.Fe.4O.Zn/q2*+3;4*-2;+2. The van der Waals surface area contributed by atoms with Crippen LogP contribution in [0.25, 0.3) is 0 Å². The first kappa shape index (κ1) is 209. The van der Waals surface area contributed by atoms with Crippen molar-refractivity contribution in [3.05, 3.63) is 0 Å². The molecule has 0 aliphatic rings. The fraction of sp³-hybridized carbons (Fsp3) is 0. The van der Waals surface area contributed by atoms with Crippen LogP contribution >= 0.6 is 0 Å². The van der Waals surface area contributed by atoms with E-state index in [-0.39, 0.29) is 75.8 Å². The maximum absolute atomic E-state index is 0. The Hall–Kier alpha value is 1.52. The summed E-state index contributed by atoms with van der Waals surface area (Å²) in [7, 11) is 0. The maximum atomic E-state index is 0. The molecule has 7 heavy (non-hydrogen) atoms. The van der Waals surface area contributed by atoms with E-state index in [0.717, 1.165) is 0 Å². The van der Waals surface area contributed by atoms with Gasteiger partial charge in [-0.05, 0) is 0 Å². The van der Waals surface area contributed by atoms with Crippen molar-refractivity contribution >= 4 is 0 Å². The first-order chi connectivity index (χ1) is 0. The van der Waals surface area contributed by atoms with Crippen LogP contribution in [-0.4, -0.2) is 0 Å². The molecule has 0 atom stereocenters. The molecule has 0 aromatic carbocycles. The Labute approximate surface area is 75.6 Å². The van der Waals surface area contributed by atoms with Crippen molar-refractivity contribution in [1.29, 1.82) is 0 Å². The average Bonchev–Trinajstić information content (AvgIpc) is 0. The molecule has 0 spiro atoms. The van der Waals surface area contributed by atoms with E-state index in [0.29, 0.717) is 0 Å². The summed E-state index contributed by atoms with van der Waals surface area (Å²) in [6.45, 7) is 0. The zero-order valence-corrected chi connectivity index (χ0v) is 8.45. The third-order valence-corrected chi connectivity index (χ3v) is 0. The molecule has 0 amide bonds. The van der Waals surface area contributed by atoms with Gasteiger partial charge >= 0.3 is 53.9 Å². The van der Waals surface area contributed by atoms with Gasteiger partial charge in [0.1, 0.15) is 0 Å².